The second-order valence-corrected chi connectivity index (χ2v) is 5.52. The molecule has 0 radical (unpaired) electrons. The molecule has 0 bridgehead atoms. The van der Waals surface area contributed by atoms with E-state index in [-0.39, 0.29) is 5.54 Å². The first kappa shape index (κ1) is 11.9. The van der Waals surface area contributed by atoms with Crippen LogP contribution in [0.4, 0.5) is 0 Å². The van der Waals surface area contributed by atoms with Crippen molar-refractivity contribution in [3.8, 4) is 5.75 Å². The Morgan fingerprint density at radius 3 is 2.75 bits per heavy atom. The van der Waals surface area contributed by atoms with E-state index >= 15 is 0 Å². The smallest absolute Gasteiger partial charge is 0.133 e. The number of aryl methyl sites for hydroxylation is 1. The lowest BCUT2D eigenvalue weighted by molar-refractivity contribution is 0.407. The zero-order valence-corrected chi connectivity index (χ0v) is 11.6. The van der Waals surface area contributed by atoms with Crippen LogP contribution in [0.2, 0.25) is 0 Å². The molecule has 1 atom stereocenters. The zero-order chi connectivity index (χ0) is 11.8. The van der Waals surface area contributed by atoms with Crippen LogP contribution in [-0.4, -0.2) is 13.7 Å². The Balaban J connectivity index is 2.45. The lowest BCUT2D eigenvalue weighted by atomic mass is 9.87. The Labute approximate surface area is 106 Å². The van der Waals surface area contributed by atoms with Gasteiger partial charge in [-0.15, -0.1) is 0 Å². The maximum Gasteiger partial charge on any atom is 0.133 e. The Kier molecular flexibility index (Phi) is 3.27. The van der Waals surface area contributed by atoms with Crippen molar-refractivity contribution < 1.29 is 4.74 Å². The van der Waals surface area contributed by atoms with Crippen LogP contribution >= 0.6 is 15.9 Å². The molecule has 1 aromatic carbocycles. The molecule has 1 fully saturated rings. The molecule has 1 aromatic rings. The van der Waals surface area contributed by atoms with Gasteiger partial charge in [0.05, 0.1) is 11.6 Å². The first-order valence-electron chi connectivity index (χ1n) is 5.66. The largest absolute Gasteiger partial charge is 0.496 e. The average molecular weight is 284 g/mol. The topological polar surface area (TPSA) is 21.3 Å². The Bertz CT molecular complexity index is 397. The van der Waals surface area contributed by atoms with E-state index in [4.69, 9.17) is 4.74 Å². The van der Waals surface area contributed by atoms with Crippen LogP contribution in [0.15, 0.2) is 16.6 Å². The third-order valence-electron chi connectivity index (χ3n) is 3.46. The number of methoxy groups -OCH3 is 1. The predicted molar refractivity (Wildman–Crippen MR) is 70.0 cm³/mol. The molecule has 88 valence electrons. The van der Waals surface area contributed by atoms with Crippen LogP contribution in [-0.2, 0) is 5.54 Å². The van der Waals surface area contributed by atoms with E-state index in [2.05, 4.69) is 47.2 Å². The van der Waals surface area contributed by atoms with E-state index in [1.807, 2.05) is 0 Å². The van der Waals surface area contributed by atoms with Crippen LogP contribution in [0.5, 0.6) is 5.75 Å². The van der Waals surface area contributed by atoms with Gasteiger partial charge in [0.1, 0.15) is 5.75 Å². The summed E-state index contributed by atoms with van der Waals surface area (Å²) in [5.74, 6) is 0.905. The summed E-state index contributed by atoms with van der Waals surface area (Å²) in [6.45, 7) is 5.54. The molecule has 0 aromatic heterocycles. The number of benzene rings is 1. The van der Waals surface area contributed by atoms with E-state index < -0.39 is 0 Å². The summed E-state index contributed by atoms with van der Waals surface area (Å²) in [4.78, 5) is 0. The monoisotopic (exact) mass is 283 g/mol. The number of ether oxygens (including phenoxy) is 1. The highest BCUT2D eigenvalue weighted by molar-refractivity contribution is 9.10. The molecule has 2 rings (SSSR count). The molecule has 1 aliphatic heterocycles. The van der Waals surface area contributed by atoms with Crippen LogP contribution in [0, 0.1) is 6.92 Å². The molecular weight excluding hydrogens is 266 g/mol. The Hall–Kier alpha value is -0.540. The third-order valence-corrected chi connectivity index (χ3v) is 4.08. The molecule has 2 nitrogen and oxygen atoms in total. The second-order valence-electron chi connectivity index (χ2n) is 4.66. The van der Waals surface area contributed by atoms with Crippen molar-refractivity contribution in [3.63, 3.8) is 0 Å². The Morgan fingerprint density at radius 2 is 2.19 bits per heavy atom. The first-order chi connectivity index (χ1) is 7.57. The van der Waals surface area contributed by atoms with Crippen molar-refractivity contribution >= 4 is 15.9 Å². The minimum absolute atomic E-state index is 0.124. The van der Waals surface area contributed by atoms with E-state index in [0.717, 1.165) is 16.8 Å². The number of hydrogen-bond acceptors (Lipinski definition) is 2. The molecule has 16 heavy (non-hydrogen) atoms. The second kappa shape index (κ2) is 4.38. The summed E-state index contributed by atoms with van der Waals surface area (Å²) in [6.07, 6.45) is 2.45. The first-order valence-corrected chi connectivity index (χ1v) is 6.46. The van der Waals surface area contributed by atoms with Gasteiger partial charge in [0, 0.05) is 5.54 Å². The third kappa shape index (κ3) is 1.98. The van der Waals surface area contributed by atoms with E-state index in [9.17, 15) is 0 Å². The molecule has 3 heteroatoms. The molecule has 1 N–H and O–H groups in total. The van der Waals surface area contributed by atoms with Crippen molar-refractivity contribution in [1.82, 2.24) is 5.32 Å². The van der Waals surface area contributed by atoms with Gasteiger partial charge in [-0.3, -0.25) is 0 Å². The van der Waals surface area contributed by atoms with E-state index in [1.165, 1.54) is 24.0 Å². The predicted octanol–water partition coefficient (Wildman–Crippen LogP) is 3.36. The van der Waals surface area contributed by atoms with Gasteiger partial charge in [0.25, 0.3) is 0 Å². The molecule has 0 saturated carbocycles. The van der Waals surface area contributed by atoms with Crippen LogP contribution in [0.3, 0.4) is 0 Å². The zero-order valence-electron chi connectivity index (χ0n) is 10.1. The van der Waals surface area contributed by atoms with Gasteiger partial charge in [-0.25, -0.2) is 0 Å². The molecule has 1 unspecified atom stereocenters. The quantitative estimate of drug-likeness (QED) is 0.899. The molecule has 0 spiro atoms. The minimum Gasteiger partial charge on any atom is -0.496 e. The number of hydrogen-bond donors (Lipinski definition) is 1. The summed E-state index contributed by atoms with van der Waals surface area (Å²) < 4.78 is 6.34. The van der Waals surface area contributed by atoms with E-state index in [1.54, 1.807) is 7.11 Å². The maximum atomic E-state index is 5.31. The number of halogens is 1. The normalized spacial score (nSPS) is 24.8. The lowest BCUT2D eigenvalue weighted by Gasteiger charge is -2.27. The highest BCUT2D eigenvalue weighted by Crippen LogP contribution is 2.37. The summed E-state index contributed by atoms with van der Waals surface area (Å²) in [6, 6.07) is 4.29. The fourth-order valence-corrected chi connectivity index (χ4v) is 3.04. The van der Waals surface area contributed by atoms with Gasteiger partial charge in [-0.2, -0.15) is 0 Å². The summed E-state index contributed by atoms with van der Waals surface area (Å²) in [5, 5.41) is 3.59. The van der Waals surface area contributed by atoms with Gasteiger partial charge < -0.3 is 10.1 Å². The maximum absolute atomic E-state index is 5.31. The standard InChI is InChI=1S/C13H18BrNO/c1-9-7-12(16-3)11(14)8-10(9)13(2)5-4-6-15-13/h7-8,15H,4-6H2,1-3H3. The highest BCUT2D eigenvalue weighted by atomic mass is 79.9. The molecule has 0 aliphatic carbocycles. The number of rotatable bonds is 2. The van der Waals surface area contributed by atoms with Gasteiger partial charge in [0.2, 0.25) is 0 Å². The summed E-state index contributed by atoms with van der Waals surface area (Å²) in [7, 11) is 1.70. The van der Waals surface area contributed by atoms with Crippen LogP contribution in [0.1, 0.15) is 30.9 Å². The van der Waals surface area contributed by atoms with Crippen LogP contribution < -0.4 is 10.1 Å². The Morgan fingerprint density at radius 1 is 1.44 bits per heavy atom. The molecule has 1 saturated heterocycles. The van der Waals surface area contributed by atoms with Crippen LogP contribution in [0.25, 0.3) is 0 Å². The fraction of sp³-hybridized carbons (Fsp3) is 0.538. The van der Waals surface area contributed by atoms with Crippen molar-refractivity contribution in [2.24, 2.45) is 0 Å². The van der Waals surface area contributed by atoms with E-state index in [0.29, 0.717) is 0 Å². The fourth-order valence-electron chi connectivity index (χ4n) is 2.53. The average Bonchev–Trinajstić information content (AvgIpc) is 2.69. The van der Waals surface area contributed by atoms with Crippen molar-refractivity contribution in [2.75, 3.05) is 13.7 Å². The van der Waals surface area contributed by atoms with Crippen molar-refractivity contribution in [1.29, 1.82) is 0 Å². The lowest BCUT2D eigenvalue weighted by Crippen LogP contribution is -2.33. The summed E-state index contributed by atoms with van der Waals surface area (Å²) in [5.41, 5.74) is 2.79. The molecule has 1 heterocycles. The van der Waals surface area contributed by atoms with Gasteiger partial charge in [0.15, 0.2) is 0 Å². The van der Waals surface area contributed by atoms with Crippen molar-refractivity contribution in [3.05, 3.63) is 27.7 Å². The molecule has 1 aliphatic rings. The SMILES string of the molecule is COc1cc(C)c(C2(C)CCCN2)cc1Br. The summed E-state index contributed by atoms with van der Waals surface area (Å²) >= 11 is 3.56. The van der Waals surface area contributed by atoms with Gasteiger partial charge >= 0.3 is 0 Å². The van der Waals surface area contributed by atoms with Gasteiger partial charge in [-0.05, 0) is 72.4 Å². The molecule has 0 amide bonds. The number of nitrogens with one attached hydrogen (secondary N) is 1. The van der Waals surface area contributed by atoms with Gasteiger partial charge in [-0.1, -0.05) is 0 Å². The highest BCUT2D eigenvalue weighted by Gasteiger charge is 2.31. The van der Waals surface area contributed by atoms with Crippen molar-refractivity contribution in [2.45, 2.75) is 32.2 Å². The molecular formula is C13H18BrNO. The minimum atomic E-state index is 0.124.